The van der Waals surface area contributed by atoms with Gasteiger partial charge in [-0.15, -0.1) is 0 Å². The van der Waals surface area contributed by atoms with E-state index in [9.17, 15) is 13.6 Å². The van der Waals surface area contributed by atoms with E-state index in [0.29, 0.717) is 11.4 Å². The first-order chi connectivity index (χ1) is 10.1. The van der Waals surface area contributed by atoms with Crippen molar-refractivity contribution < 1.29 is 22.8 Å². The van der Waals surface area contributed by atoms with Crippen LogP contribution in [0.15, 0.2) is 29.0 Å². The first-order valence-electron chi connectivity index (χ1n) is 5.86. The van der Waals surface area contributed by atoms with Crippen LogP contribution in [0.4, 0.5) is 19.3 Å². The van der Waals surface area contributed by atoms with Crippen molar-refractivity contribution in [3.63, 3.8) is 0 Å². The Kier molecular flexibility index (Phi) is 4.64. The van der Waals surface area contributed by atoms with Gasteiger partial charge in [0.05, 0.1) is 31.7 Å². The van der Waals surface area contributed by atoms with E-state index in [1.54, 1.807) is 6.07 Å². The summed E-state index contributed by atoms with van der Waals surface area (Å²) in [4.78, 5) is 15.5. The van der Waals surface area contributed by atoms with E-state index < -0.39 is 18.2 Å². The van der Waals surface area contributed by atoms with E-state index in [4.69, 9.17) is 4.74 Å². The molecule has 0 aliphatic heterocycles. The van der Waals surface area contributed by atoms with E-state index >= 15 is 0 Å². The second kappa shape index (κ2) is 6.64. The fraction of sp³-hybridized carbons (Fsp3) is 0.250. The van der Waals surface area contributed by atoms with E-state index in [-0.39, 0.29) is 12.2 Å². The highest BCUT2D eigenvalue weighted by Gasteiger charge is 2.14. The molecule has 2 aromatic heterocycles. The molecule has 0 atom stereocenters. The summed E-state index contributed by atoms with van der Waals surface area (Å²) in [7, 11) is 1.48. The van der Waals surface area contributed by atoms with Crippen LogP contribution in [0.5, 0.6) is 5.75 Å². The number of nitrogens with zero attached hydrogens (tertiary/aromatic N) is 2. The second-order valence-corrected chi connectivity index (χ2v) is 3.94. The summed E-state index contributed by atoms with van der Waals surface area (Å²) in [6, 6.07) is 2.13. The highest BCUT2D eigenvalue weighted by molar-refractivity contribution is 5.89. The number of rotatable bonds is 5. The maximum absolute atomic E-state index is 12.3. The number of anilines is 1. The minimum Gasteiger partial charge on any atom is -0.495 e. The summed E-state index contributed by atoms with van der Waals surface area (Å²) in [5, 5.41) is 8.38. The van der Waals surface area contributed by atoms with Crippen molar-refractivity contribution >= 4 is 11.7 Å². The standard InChI is InChI=1S/C12H12F2N4O3/c1-20-9-2-7(4-15-6-9)17-12(19)16-5-8-3-10(11(13)14)21-18-8/h2-4,6,11H,5H2,1H3,(H2,16,17,19). The van der Waals surface area contributed by atoms with Crippen LogP contribution in [0.1, 0.15) is 17.9 Å². The Bertz CT molecular complexity index is 618. The average Bonchev–Trinajstić information content (AvgIpc) is 2.94. The molecular formula is C12H12F2N4O3. The third kappa shape index (κ3) is 4.13. The molecule has 0 saturated heterocycles. The molecule has 9 heteroatoms. The lowest BCUT2D eigenvalue weighted by atomic mass is 10.3. The van der Waals surface area contributed by atoms with Crippen molar-refractivity contribution in [3.05, 3.63) is 36.0 Å². The molecule has 0 spiro atoms. The van der Waals surface area contributed by atoms with Gasteiger partial charge in [-0.1, -0.05) is 5.16 Å². The fourth-order valence-corrected chi connectivity index (χ4v) is 1.46. The number of methoxy groups -OCH3 is 1. The lowest BCUT2D eigenvalue weighted by Crippen LogP contribution is -2.28. The molecule has 2 amide bonds. The molecule has 2 heterocycles. The maximum Gasteiger partial charge on any atom is 0.319 e. The average molecular weight is 298 g/mol. The molecule has 0 bridgehead atoms. The van der Waals surface area contributed by atoms with Gasteiger partial charge in [-0.3, -0.25) is 4.98 Å². The third-order valence-electron chi connectivity index (χ3n) is 2.43. The summed E-state index contributed by atoms with van der Waals surface area (Å²) >= 11 is 0. The first kappa shape index (κ1) is 14.7. The number of alkyl halides is 2. The van der Waals surface area contributed by atoms with Gasteiger partial charge in [-0.05, 0) is 0 Å². The summed E-state index contributed by atoms with van der Waals surface area (Å²) in [6.07, 6.45) is 0.195. The van der Waals surface area contributed by atoms with Gasteiger partial charge in [0, 0.05) is 12.1 Å². The zero-order valence-electron chi connectivity index (χ0n) is 11.0. The molecule has 21 heavy (non-hydrogen) atoms. The number of ether oxygens (including phenoxy) is 1. The predicted molar refractivity (Wildman–Crippen MR) is 68.1 cm³/mol. The van der Waals surface area contributed by atoms with Crippen LogP contribution in [-0.2, 0) is 6.54 Å². The van der Waals surface area contributed by atoms with E-state index in [1.165, 1.54) is 19.5 Å². The minimum atomic E-state index is -2.73. The van der Waals surface area contributed by atoms with Crippen LogP contribution in [0.2, 0.25) is 0 Å². The van der Waals surface area contributed by atoms with Gasteiger partial charge in [-0.25, -0.2) is 13.6 Å². The monoisotopic (exact) mass is 298 g/mol. The van der Waals surface area contributed by atoms with Crippen molar-refractivity contribution in [1.29, 1.82) is 0 Å². The Morgan fingerprint density at radius 3 is 2.90 bits per heavy atom. The van der Waals surface area contributed by atoms with Crippen molar-refractivity contribution in [1.82, 2.24) is 15.5 Å². The van der Waals surface area contributed by atoms with Gasteiger partial charge in [0.1, 0.15) is 11.4 Å². The predicted octanol–water partition coefficient (Wildman–Crippen LogP) is 2.34. The smallest absolute Gasteiger partial charge is 0.319 e. The van der Waals surface area contributed by atoms with Crippen LogP contribution in [0, 0.1) is 0 Å². The van der Waals surface area contributed by atoms with Crippen molar-refractivity contribution in [3.8, 4) is 5.75 Å². The van der Waals surface area contributed by atoms with Crippen molar-refractivity contribution in [2.24, 2.45) is 0 Å². The van der Waals surface area contributed by atoms with Crippen LogP contribution in [-0.4, -0.2) is 23.3 Å². The summed E-state index contributed by atoms with van der Waals surface area (Å²) < 4.78 is 33.9. The lowest BCUT2D eigenvalue weighted by molar-refractivity contribution is 0.112. The van der Waals surface area contributed by atoms with Gasteiger partial charge < -0.3 is 19.9 Å². The summed E-state index contributed by atoms with van der Waals surface area (Å²) in [5.74, 6) is -0.0462. The maximum atomic E-state index is 12.3. The number of aromatic nitrogens is 2. The fourth-order valence-electron chi connectivity index (χ4n) is 1.46. The van der Waals surface area contributed by atoms with Gasteiger partial charge >= 0.3 is 6.03 Å². The molecular weight excluding hydrogens is 286 g/mol. The Hall–Kier alpha value is -2.71. The van der Waals surface area contributed by atoms with E-state index in [0.717, 1.165) is 6.07 Å². The number of pyridine rings is 1. The number of carbonyl (C=O) groups is 1. The Labute approximate surface area is 118 Å². The molecule has 2 aromatic rings. The number of carbonyl (C=O) groups excluding carboxylic acids is 1. The number of hydrogen-bond donors (Lipinski definition) is 2. The van der Waals surface area contributed by atoms with Crippen LogP contribution >= 0.6 is 0 Å². The summed E-state index contributed by atoms with van der Waals surface area (Å²) in [5.41, 5.74) is 0.629. The molecule has 0 fully saturated rings. The number of nitrogens with one attached hydrogen (secondary N) is 2. The molecule has 0 aliphatic carbocycles. The number of halogens is 2. The largest absolute Gasteiger partial charge is 0.495 e. The molecule has 0 unspecified atom stereocenters. The van der Waals surface area contributed by atoms with Crippen molar-refractivity contribution in [2.45, 2.75) is 13.0 Å². The molecule has 2 N–H and O–H groups in total. The van der Waals surface area contributed by atoms with Crippen LogP contribution < -0.4 is 15.4 Å². The van der Waals surface area contributed by atoms with Gasteiger partial charge in [-0.2, -0.15) is 0 Å². The summed E-state index contributed by atoms with van der Waals surface area (Å²) in [6.45, 7) is -0.0422. The van der Waals surface area contributed by atoms with E-state index in [1.807, 2.05) is 0 Å². The minimum absolute atomic E-state index is 0.0422. The van der Waals surface area contributed by atoms with Gasteiger partial charge in [0.2, 0.25) is 5.76 Å². The second-order valence-electron chi connectivity index (χ2n) is 3.94. The Morgan fingerprint density at radius 1 is 1.43 bits per heavy atom. The normalized spacial score (nSPS) is 10.5. The third-order valence-corrected chi connectivity index (χ3v) is 2.43. The van der Waals surface area contributed by atoms with Crippen LogP contribution in [0.25, 0.3) is 0 Å². The molecule has 112 valence electrons. The molecule has 0 aromatic carbocycles. The van der Waals surface area contributed by atoms with E-state index in [2.05, 4.69) is 25.3 Å². The lowest BCUT2D eigenvalue weighted by Gasteiger charge is -2.07. The molecule has 7 nitrogen and oxygen atoms in total. The first-order valence-corrected chi connectivity index (χ1v) is 5.86. The highest BCUT2D eigenvalue weighted by Crippen LogP contribution is 2.19. The Morgan fingerprint density at radius 2 is 2.24 bits per heavy atom. The van der Waals surface area contributed by atoms with Crippen LogP contribution in [0.3, 0.4) is 0 Å². The zero-order valence-corrected chi connectivity index (χ0v) is 11.0. The molecule has 2 rings (SSSR count). The number of amides is 2. The zero-order chi connectivity index (χ0) is 15.2. The van der Waals surface area contributed by atoms with Gasteiger partial charge in [0.15, 0.2) is 0 Å². The topological polar surface area (TPSA) is 89.3 Å². The Balaban J connectivity index is 1.86. The highest BCUT2D eigenvalue weighted by atomic mass is 19.3. The molecule has 0 saturated carbocycles. The molecule has 0 aliphatic rings. The quantitative estimate of drug-likeness (QED) is 0.884. The number of urea groups is 1. The number of hydrogen-bond acceptors (Lipinski definition) is 5. The van der Waals surface area contributed by atoms with Crippen molar-refractivity contribution in [2.75, 3.05) is 12.4 Å². The SMILES string of the molecule is COc1cncc(NC(=O)NCc2cc(C(F)F)on2)c1. The molecule has 0 radical (unpaired) electrons. The van der Waals surface area contributed by atoms with Gasteiger partial charge in [0.25, 0.3) is 6.43 Å².